The number of carbonyl (C=O) groups is 1. The number of ether oxygens (including phenoxy) is 2. The maximum absolute atomic E-state index is 11.8. The SMILES string of the molecule is CCOC(=O)C(O)c1cc(C)cc(C(C)(C)C)c1OC. The molecule has 4 nitrogen and oxygen atoms in total. The highest BCUT2D eigenvalue weighted by Gasteiger charge is 2.28. The molecular formula is C16H24O4. The van der Waals surface area contributed by atoms with Crippen molar-refractivity contribution in [1.82, 2.24) is 0 Å². The Kier molecular flexibility index (Phi) is 5.17. The molecule has 0 heterocycles. The summed E-state index contributed by atoms with van der Waals surface area (Å²) in [5, 5.41) is 10.2. The van der Waals surface area contributed by atoms with Crippen LogP contribution in [0.5, 0.6) is 5.75 Å². The number of esters is 1. The highest BCUT2D eigenvalue weighted by atomic mass is 16.5. The van der Waals surface area contributed by atoms with Crippen LogP contribution in [0.1, 0.15) is 50.5 Å². The van der Waals surface area contributed by atoms with Crippen LogP contribution in [0, 0.1) is 6.92 Å². The van der Waals surface area contributed by atoms with E-state index in [-0.39, 0.29) is 12.0 Å². The van der Waals surface area contributed by atoms with Gasteiger partial charge in [0.2, 0.25) is 0 Å². The molecule has 0 aromatic heterocycles. The van der Waals surface area contributed by atoms with E-state index in [0.717, 1.165) is 11.1 Å². The minimum Gasteiger partial charge on any atom is -0.496 e. The Bertz CT molecular complexity index is 486. The number of benzene rings is 1. The molecule has 1 rings (SSSR count). The second-order valence-electron chi connectivity index (χ2n) is 5.84. The largest absolute Gasteiger partial charge is 0.496 e. The minimum atomic E-state index is -1.33. The second kappa shape index (κ2) is 6.27. The van der Waals surface area contributed by atoms with Gasteiger partial charge in [-0.25, -0.2) is 4.79 Å². The van der Waals surface area contributed by atoms with Gasteiger partial charge in [0.1, 0.15) is 5.75 Å². The Morgan fingerprint density at radius 3 is 2.40 bits per heavy atom. The maximum atomic E-state index is 11.8. The molecule has 1 aromatic rings. The second-order valence-corrected chi connectivity index (χ2v) is 5.84. The lowest BCUT2D eigenvalue weighted by atomic mass is 9.83. The van der Waals surface area contributed by atoms with E-state index < -0.39 is 12.1 Å². The molecule has 1 aromatic carbocycles. The summed E-state index contributed by atoms with van der Waals surface area (Å²) in [7, 11) is 1.54. The van der Waals surface area contributed by atoms with E-state index in [0.29, 0.717) is 11.3 Å². The molecule has 0 fully saturated rings. The quantitative estimate of drug-likeness (QED) is 0.862. The van der Waals surface area contributed by atoms with E-state index in [2.05, 4.69) is 20.8 Å². The van der Waals surface area contributed by atoms with Crippen LogP contribution in [-0.2, 0) is 14.9 Å². The smallest absolute Gasteiger partial charge is 0.339 e. The van der Waals surface area contributed by atoms with Crippen molar-refractivity contribution in [1.29, 1.82) is 0 Å². The first-order valence-electron chi connectivity index (χ1n) is 6.76. The van der Waals surface area contributed by atoms with Crippen molar-refractivity contribution in [2.24, 2.45) is 0 Å². The Morgan fingerprint density at radius 1 is 1.35 bits per heavy atom. The van der Waals surface area contributed by atoms with Gasteiger partial charge < -0.3 is 14.6 Å². The predicted molar refractivity (Wildman–Crippen MR) is 78.0 cm³/mol. The summed E-state index contributed by atoms with van der Waals surface area (Å²) in [4.78, 5) is 11.8. The molecule has 1 unspecified atom stereocenters. The zero-order valence-electron chi connectivity index (χ0n) is 13.1. The number of aliphatic hydroxyl groups excluding tert-OH is 1. The van der Waals surface area contributed by atoms with Crippen LogP contribution in [0.3, 0.4) is 0 Å². The lowest BCUT2D eigenvalue weighted by molar-refractivity contribution is -0.153. The van der Waals surface area contributed by atoms with E-state index in [4.69, 9.17) is 9.47 Å². The zero-order valence-corrected chi connectivity index (χ0v) is 13.1. The maximum Gasteiger partial charge on any atom is 0.339 e. The lowest BCUT2D eigenvalue weighted by Gasteiger charge is -2.25. The van der Waals surface area contributed by atoms with Gasteiger partial charge in [0.25, 0.3) is 0 Å². The monoisotopic (exact) mass is 280 g/mol. The summed E-state index contributed by atoms with van der Waals surface area (Å²) >= 11 is 0. The fraction of sp³-hybridized carbons (Fsp3) is 0.562. The number of aliphatic hydroxyl groups is 1. The minimum absolute atomic E-state index is 0.152. The van der Waals surface area contributed by atoms with Crippen molar-refractivity contribution in [3.63, 3.8) is 0 Å². The fourth-order valence-electron chi connectivity index (χ4n) is 2.14. The molecule has 112 valence electrons. The predicted octanol–water partition coefficient (Wildman–Crippen LogP) is 2.90. The van der Waals surface area contributed by atoms with Crippen LogP contribution in [0.4, 0.5) is 0 Å². The number of carbonyl (C=O) groups excluding carboxylic acids is 1. The van der Waals surface area contributed by atoms with Gasteiger partial charge in [-0.3, -0.25) is 0 Å². The average molecular weight is 280 g/mol. The summed E-state index contributed by atoms with van der Waals surface area (Å²) in [5.41, 5.74) is 2.23. The molecule has 0 aliphatic rings. The van der Waals surface area contributed by atoms with Crippen LogP contribution in [0.15, 0.2) is 12.1 Å². The fourth-order valence-corrected chi connectivity index (χ4v) is 2.14. The van der Waals surface area contributed by atoms with Gasteiger partial charge in [-0.1, -0.05) is 32.4 Å². The van der Waals surface area contributed by atoms with Crippen LogP contribution >= 0.6 is 0 Å². The van der Waals surface area contributed by atoms with Gasteiger partial charge >= 0.3 is 5.97 Å². The number of aryl methyl sites for hydroxylation is 1. The highest BCUT2D eigenvalue weighted by Crippen LogP contribution is 2.38. The first-order valence-corrected chi connectivity index (χ1v) is 6.76. The van der Waals surface area contributed by atoms with E-state index in [1.165, 1.54) is 0 Å². The van der Waals surface area contributed by atoms with Crippen molar-refractivity contribution in [2.45, 2.75) is 46.1 Å². The molecule has 0 spiro atoms. The van der Waals surface area contributed by atoms with Gasteiger partial charge in [-0.15, -0.1) is 0 Å². The number of hydrogen-bond donors (Lipinski definition) is 1. The standard InChI is InChI=1S/C16H24O4/c1-7-20-15(18)13(17)11-8-10(2)9-12(14(11)19-6)16(3,4)5/h8-9,13,17H,7H2,1-6H3. The van der Waals surface area contributed by atoms with Crippen LogP contribution in [0.2, 0.25) is 0 Å². The molecule has 0 aliphatic carbocycles. The molecule has 4 heteroatoms. The summed E-state index contributed by atoms with van der Waals surface area (Å²) in [6.07, 6.45) is -1.33. The first kappa shape index (κ1) is 16.5. The molecule has 0 saturated heterocycles. The summed E-state index contributed by atoms with van der Waals surface area (Å²) in [5.74, 6) is -0.111. The van der Waals surface area contributed by atoms with E-state index >= 15 is 0 Å². The van der Waals surface area contributed by atoms with Crippen LogP contribution < -0.4 is 4.74 Å². The first-order chi connectivity index (χ1) is 9.22. The number of hydrogen-bond acceptors (Lipinski definition) is 4. The lowest BCUT2D eigenvalue weighted by Crippen LogP contribution is -2.19. The Labute approximate surface area is 120 Å². The van der Waals surface area contributed by atoms with Gasteiger partial charge in [-0.2, -0.15) is 0 Å². The third-order valence-corrected chi connectivity index (χ3v) is 3.08. The van der Waals surface area contributed by atoms with Crippen molar-refractivity contribution in [3.8, 4) is 5.75 Å². The molecule has 0 saturated carbocycles. The Hall–Kier alpha value is -1.55. The summed E-state index contributed by atoms with van der Waals surface area (Å²) in [6.45, 7) is 10.0. The molecule has 0 aliphatic heterocycles. The summed E-state index contributed by atoms with van der Waals surface area (Å²) < 4.78 is 10.3. The van der Waals surface area contributed by atoms with Crippen LogP contribution in [0.25, 0.3) is 0 Å². The number of rotatable bonds is 4. The summed E-state index contributed by atoms with van der Waals surface area (Å²) in [6, 6.07) is 3.77. The van der Waals surface area contributed by atoms with E-state index in [1.807, 2.05) is 13.0 Å². The topological polar surface area (TPSA) is 55.8 Å². The highest BCUT2D eigenvalue weighted by molar-refractivity contribution is 5.77. The molecule has 1 N–H and O–H groups in total. The molecule has 0 amide bonds. The molecule has 20 heavy (non-hydrogen) atoms. The molecule has 0 bridgehead atoms. The van der Waals surface area contributed by atoms with Crippen molar-refractivity contribution in [3.05, 3.63) is 28.8 Å². The normalized spacial score (nSPS) is 12.9. The number of methoxy groups -OCH3 is 1. The van der Waals surface area contributed by atoms with Gasteiger partial charge in [0.05, 0.1) is 13.7 Å². The van der Waals surface area contributed by atoms with Crippen LogP contribution in [-0.4, -0.2) is 24.8 Å². The van der Waals surface area contributed by atoms with Crippen molar-refractivity contribution >= 4 is 5.97 Å². The third kappa shape index (κ3) is 3.51. The van der Waals surface area contributed by atoms with E-state index in [1.54, 1.807) is 20.1 Å². The molecular weight excluding hydrogens is 256 g/mol. The van der Waals surface area contributed by atoms with Gasteiger partial charge in [0, 0.05) is 11.1 Å². The van der Waals surface area contributed by atoms with Gasteiger partial charge in [0.15, 0.2) is 6.10 Å². The molecule has 1 atom stereocenters. The van der Waals surface area contributed by atoms with Gasteiger partial charge in [-0.05, 0) is 25.3 Å². The third-order valence-electron chi connectivity index (χ3n) is 3.08. The Balaban J connectivity index is 3.39. The molecule has 0 radical (unpaired) electrons. The van der Waals surface area contributed by atoms with Crippen molar-refractivity contribution < 1.29 is 19.4 Å². The van der Waals surface area contributed by atoms with Crippen molar-refractivity contribution in [2.75, 3.05) is 13.7 Å². The van der Waals surface area contributed by atoms with E-state index in [9.17, 15) is 9.90 Å². The Morgan fingerprint density at radius 2 is 1.95 bits per heavy atom. The zero-order chi connectivity index (χ0) is 15.5. The average Bonchev–Trinajstić information content (AvgIpc) is 2.36.